The molecule has 0 bridgehead atoms. The number of carboxylic acid groups (broad SMARTS) is 2. The lowest BCUT2D eigenvalue weighted by Crippen LogP contribution is -2.30. The van der Waals surface area contributed by atoms with Crippen molar-refractivity contribution >= 4 is 17.8 Å². The molecule has 0 aromatic heterocycles. The summed E-state index contributed by atoms with van der Waals surface area (Å²) < 4.78 is 23.0. The molecule has 0 saturated heterocycles. The van der Waals surface area contributed by atoms with E-state index < -0.39 is 11.9 Å². The average Bonchev–Trinajstić information content (AvgIpc) is 3.49. The molecule has 1 amide bonds. The van der Waals surface area contributed by atoms with Gasteiger partial charge in [-0.2, -0.15) is 0 Å². The Balaban J connectivity index is 1.31. The minimum absolute atomic E-state index is 0.00173. The number of carbonyl (C=O) groups excluding carboxylic acids is 1. The van der Waals surface area contributed by atoms with E-state index in [1.54, 1.807) is 6.07 Å². The summed E-state index contributed by atoms with van der Waals surface area (Å²) in [5.74, 6) is 0.692. The summed E-state index contributed by atoms with van der Waals surface area (Å²) >= 11 is 0. The van der Waals surface area contributed by atoms with Gasteiger partial charge < -0.3 is 34.5 Å². The number of nitrogens with one attached hydrogen (secondary N) is 1. The lowest BCUT2D eigenvalue weighted by molar-refractivity contribution is -0.138. The largest absolute Gasteiger partial charge is 0.494 e. The van der Waals surface area contributed by atoms with Gasteiger partial charge in [0.05, 0.1) is 13.2 Å². The minimum Gasteiger partial charge on any atom is -0.494 e. The second-order valence-corrected chi connectivity index (χ2v) is 11.6. The van der Waals surface area contributed by atoms with Crippen LogP contribution >= 0.6 is 0 Å². The lowest BCUT2D eigenvalue weighted by Gasteiger charge is -2.15. The SMILES string of the molecule is CC(C)NC(=O)c1cc(OCCCCCCc2cccc(OCCCC(=O)O)c2CCC(=O)O)cc(-c2ccc3c(c2)OCO3)c1. The molecule has 3 N–H and O–H groups in total. The molecule has 0 fully saturated rings. The van der Waals surface area contributed by atoms with Gasteiger partial charge >= 0.3 is 11.9 Å². The second-order valence-electron chi connectivity index (χ2n) is 11.6. The maximum Gasteiger partial charge on any atom is 0.303 e. The Kier molecular flexibility index (Phi) is 12.7. The van der Waals surface area contributed by atoms with Crippen molar-refractivity contribution in [1.29, 1.82) is 0 Å². The number of rotatable bonds is 19. The van der Waals surface area contributed by atoms with Gasteiger partial charge in [0.15, 0.2) is 11.5 Å². The molecule has 10 nitrogen and oxygen atoms in total. The standard InChI is InChI=1S/C36H43NO9/c1-24(2)37-36(42)28-19-27(26-13-15-32-33(22-26)46-23-45-32)20-29(21-28)43-17-6-4-3-5-9-25-10-7-11-31(30(25)14-16-35(40)41)44-18-8-12-34(38)39/h7,10-11,13,15,19-22,24H,3-6,8-9,12,14,16-18,23H2,1-2H3,(H,37,42)(H,38,39)(H,40,41). The normalized spacial score (nSPS) is 11.8. The van der Waals surface area contributed by atoms with Crippen LogP contribution in [-0.4, -0.2) is 54.1 Å². The highest BCUT2D eigenvalue weighted by atomic mass is 16.7. The molecule has 46 heavy (non-hydrogen) atoms. The van der Waals surface area contributed by atoms with Crippen molar-refractivity contribution in [3.63, 3.8) is 0 Å². The van der Waals surface area contributed by atoms with Crippen LogP contribution < -0.4 is 24.3 Å². The van der Waals surface area contributed by atoms with Gasteiger partial charge in [0, 0.05) is 24.4 Å². The van der Waals surface area contributed by atoms with Crippen LogP contribution in [0, 0.1) is 0 Å². The number of carboxylic acids is 2. The number of unbranched alkanes of at least 4 members (excludes halogenated alkanes) is 3. The average molecular weight is 634 g/mol. The summed E-state index contributed by atoms with van der Waals surface area (Å²) in [5, 5.41) is 21.1. The monoisotopic (exact) mass is 633 g/mol. The number of benzene rings is 3. The van der Waals surface area contributed by atoms with E-state index in [9.17, 15) is 19.5 Å². The van der Waals surface area contributed by atoms with E-state index in [4.69, 9.17) is 24.1 Å². The first-order valence-corrected chi connectivity index (χ1v) is 15.9. The molecule has 0 atom stereocenters. The molecule has 0 spiro atoms. The van der Waals surface area contributed by atoms with E-state index in [1.165, 1.54) is 0 Å². The van der Waals surface area contributed by atoms with Gasteiger partial charge in [-0.05, 0) is 105 Å². The van der Waals surface area contributed by atoms with E-state index in [2.05, 4.69) is 5.32 Å². The van der Waals surface area contributed by atoms with Crippen molar-refractivity contribution in [3.8, 4) is 34.1 Å². The second kappa shape index (κ2) is 17.1. The molecule has 10 heteroatoms. The molecular formula is C36H43NO9. The zero-order valence-electron chi connectivity index (χ0n) is 26.5. The topological polar surface area (TPSA) is 141 Å². The van der Waals surface area contributed by atoms with Crippen molar-refractivity contribution < 1.29 is 43.5 Å². The van der Waals surface area contributed by atoms with Crippen molar-refractivity contribution in [3.05, 3.63) is 71.3 Å². The zero-order chi connectivity index (χ0) is 32.9. The first kappa shape index (κ1) is 34.1. The minimum atomic E-state index is -0.874. The van der Waals surface area contributed by atoms with Gasteiger partial charge in [-0.3, -0.25) is 14.4 Å². The van der Waals surface area contributed by atoms with Crippen LogP contribution in [0.2, 0.25) is 0 Å². The number of fused-ring (bicyclic) bond motifs is 1. The number of ether oxygens (including phenoxy) is 4. The molecule has 3 aromatic rings. The first-order valence-electron chi connectivity index (χ1n) is 15.9. The maximum absolute atomic E-state index is 12.9. The third-order valence-corrected chi connectivity index (χ3v) is 7.52. The van der Waals surface area contributed by atoms with Crippen LogP contribution in [0.15, 0.2) is 54.6 Å². The Bertz CT molecular complexity index is 1500. The van der Waals surface area contributed by atoms with Gasteiger partial charge in [-0.1, -0.05) is 31.0 Å². The van der Waals surface area contributed by atoms with Crippen LogP contribution in [0.1, 0.15) is 80.3 Å². The smallest absolute Gasteiger partial charge is 0.303 e. The van der Waals surface area contributed by atoms with Crippen molar-refractivity contribution in [2.45, 2.75) is 77.7 Å². The van der Waals surface area contributed by atoms with Gasteiger partial charge in [0.2, 0.25) is 6.79 Å². The van der Waals surface area contributed by atoms with Crippen LogP contribution in [0.4, 0.5) is 0 Å². The molecule has 4 rings (SSSR count). The Morgan fingerprint density at radius 3 is 2.33 bits per heavy atom. The summed E-state index contributed by atoms with van der Waals surface area (Å²) in [5.41, 5.74) is 4.19. The van der Waals surface area contributed by atoms with Crippen molar-refractivity contribution in [2.75, 3.05) is 20.0 Å². The number of aryl methyl sites for hydroxylation is 1. The van der Waals surface area contributed by atoms with E-state index in [1.807, 2.05) is 62.4 Å². The molecule has 0 radical (unpaired) electrons. The Morgan fingerprint density at radius 1 is 0.783 bits per heavy atom. The highest BCUT2D eigenvalue weighted by Crippen LogP contribution is 2.37. The molecule has 1 aliphatic rings. The van der Waals surface area contributed by atoms with Crippen LogP contribution in [0.5, 0.6) is 23.0 Å². The quantitative estimate of drug-likeness (QED) is 0.124. The summed E-state index contributed by atoms with van der Waals surface area (Å²) in [4.78, 5) is 35.0. The van der Waals surface area contributed by atoms with Crippen molar-refractivity contribution in [1.82, 2.24) is 5.32 Å². The van der Waals surface area contributed by atoms with E-state index >= 15 is 0 Å². The summed E-state index contributed by atoms with van der Waals surface area (Å²) in [7, 11) is 0. The number of carbonyl (C=O) groups is 3. The number of amides is 1. The molecule has 0 saturated carbocycles. The molecule has 0 unspecified atom stereocenters. The summed E-state index contributed by atoms with van der Waals surface area (Å²) in [6.07, 6.45) is 5.20. The predicted octanol–water partition coefficient (Wildman–Crippen LogP) is 6.66. The lowest BCUT2D eigenvalue weighted by atomic mass is 9.97. The van der Waals surface area contributed by atoms with Crippen LogP contribution in [-0.2, 0) is 22.4 Å². The van der Waals surface area contributed by atoms with Crippen molar-refractivity contribution in [2.24, 2.45) is 0 Å². The molecule has 246 valence electrons. The van der Waals surface area contributed by atoms with E-state index in [0.29, 0.717) is 48.0 Å². The third kappa shape index (κ3) is 10.4. The number of hydrogen-bond donors (Lipinski definition) is 3. The van der Waals surface area contributed by atoms with Gasteiger partial charge in [0.25, 0.3) is 5.91 Å². The maximum atomic E-state index is 12.9. The third-order valence-electron chi connectivity index (χ3n) is 7.52. The number of aliphatic carboxylic acids is 2. The highest BCUT2D eigenvalue weighted by molar-refractivity contribution is 5.96. The summed E-state index contributed by atoms with van der Waals surface area (Å²) in [6.45, 7) is 4.79. The molecule has 3 aromatic carbocycles. The van der Waals surface area contributed by atoms with Gasteiger partial charge in [-0.15, -0.1) is 0 Å². The fourth-order valence-electron chi connectivity index (χ4n) is 5.26. The number of hydrogen-bond acceptors (Lipinski definition) is 7. The fraction of sp³-hybridized carbons (Fsp3) is 0.417. The first-order chi connectivity index (χ1) is 22.2. The Hall–Kier alpha value is -4.73. The van der Waals surface area contributed by atoms with Gasteiger partial charge in [0.1, 0.15) is 11.5 Å². The Labute approximate surface area is 269 Å². The van der Waals surface area contributed by atoms with Gasteiger partial charge in [-0.25, -0.2) is 0 Å². The fourth-order valence-corrected chi connectivity index (χ4v) is 5.26. The Morgan fingerprint density at radius 2 is 1.54 bits per heavy atom. The predicted molar refractivity (Wildman–Crippen MR) is 173 cm³/mol. The van der Waals surface area contributed by atoms with E-state index in [-0.39, 0.29) is 38.2 Å². The van der Waals surface area contributed by atoms with Crippen LogP contribution in [0.3, 0.4) is 0 Å². The molecule has 0 aliphatic carbocycles. The van der Waals surface area contributed by atoms with Crippen LogP contribution in [0.25, 0.3) is 11.1 Å². The molecule has 1 heterocycles. The summed E-state index contributed by atoms with van der Waals surface area (Å²) in [6, 6.07) is 17.0. The molecular weight excluding hydrogens is 590 g/mol. The molecule has 1 aliphatic heterocycles. The highest BCUT2D eigenvalue weighted by Gasteiger charge is 2.17. The zero-order valence-corrected chi connectivity index (χ0v) is 26.5. The van der Waals surface area contributed by atoms with E-state index in [0.717, 1.165) is 54.4 Å².